The van der Waals surface area contributed by atoms with E-state index < -0.39 is 5.91 Å². The topological polar surface area (TPSA) is 93.9 Å². The lowest BCUT2D eigenvalue weighted by molar-refractivity contribution is 0.100. The van der Waals surface area contributed by atoms with Crippen molar-refractivity contribution in [1.82, 2.24) is 15.2 Å². The molecule has 7 heteroatoms. The van der Waals surface area contributed by atoms with Crippen LogP contribution in [0.2, 0.25) is 0 Å². The van der Waals surface area contributed by atoms with Gasteiger partial charge in [-0.15, -0.1) is 0 Å². The number of hydrogen-bond donors (Lipinski definition) is 2. The van der Waals surface area contributed by atoms with E-state index in [9.17, 15) is 4.79 Å². The molecule has 1 aliphatic carbocycles. The predicted molar refractivity (Wildman–Crippen MR) is 82.1 cm³/mol. The summed E-state index contributed by atoms with van der Waals surface area (Å²) in [4.78, 5) is 16.3. The lowest BCUT2D eigenvalue weighted by atomic mass is 9.92. The fourth-order valence-corrected chi connectivity index (χ4v) is 3.77. The van der Waals surface area contributed by atoms with Crippen LogP contribution in [0.4, 0.5) is 0 Å². The van der Waals surface area contributed by atoms with Crippen molar-refractivity contribution in [2.24, 2.45) is 5.73 Å². The third-order valence-corrected chi connectivity index (χ3v) is 4.78. The third kappa shape index (κ3) is 1.98. The molecule has 4 rings (SSSR count). The molecule has 1 aliphatic rings. The van der Waals surface area contributed by atoms with E-state index in [1.54, 1.807) is 18.5 Å². The summed E-state index contributed by atoms with van der Waals surface area (Å²) in [5.41, 5.74) is 9.37. The van der Waals surface area contributed by atoms with Crippen LogP contribution in [0.15, 0.2) is 30.7 Å². The minimum atomic E-state index is -0.426. The van der Waals surface area contributed by atoms with Gasteiger partial charge in [-0.1, -0.05) is 11.3 Å². The summed E-state index contributed by atoms with van der Waals surface area (Å²) in [6.07, 6.45) is 6.72. The van der Waals surface area contributed by atoms with Crippen LogP contribution in [0.1, 0.15) is 20.8 Å². The average molecular weight is 312 g/mol. The first-order valence-corrected chi connectivity index (χ1v) is 7.61. The van der Waals surface area contributed by atoms with Gasteiger partial charge in [0, 0.05) is 6.20 Å². The molecule has 0 bridgehead atoms. The molecule has 0 saturated carbocycles. The first-order chi connectivity index (χ1) is 10.7. The Morgan fingerprint density at radius 1 is 1.36 bits per heavy atom. The van der Waals surface area contributed by atoms with Crippen molar-refractivity contribution in [1.29, 1.82) is 0 Å². The van der Waals surface area contributed by atoms with Gasteiger partial charge >= 0.3 is 0 Å². The number of pyridine rings is 1. The van der Waals surface area contributed by atoms with Crippen LogP contribution in [-0.4, -0.2) is 21.1 Å². The standard InChI is InChI=1S/C15H12N4O2S/c16-14(20)13-10-4-3-8-6-18-19-12(8)11(10)15(22-13)21-9-2-1-5-17-7-9/h1-2,5-7H,3-4H2,(H2,16,20)(H,18,19). The number of ether oxygens (including phenoxy) is 1. The Morgan fingerprint density at radius 3 is 3.05 bits per heavy atom. The number of hydrogen-bond acceptors (Lipinski definition) is 5. The molecular weight excluding hydrogens is 300 g/mol. The van der Waals surface area contributed by atoms with Crippen LogP contribution in [0.25, 0.3) is 11.3 Å². The molecule has 0 spiro atoms. The van der Waals surface area contributed by atoms with E-state index >= 15 is 0 Å². The number of nitrogens with zero attached hydrogens (tertiary/aromatic N) is 2. The number of carbonyl (C=O) groups excluding carboxylic acids is 1. The number of aromatic nitrogens is 3. The molecule has 0 atom stereocenters. The Balaban J connectivity index is 1.88. The highest BCUT2D eigenvalue weighted by atomic mass is 32.1. The van der Waals surface area contributed by atoms with E-state index in [2.05, 4.69) is 15.2 Å². The van der Waals surface area contributed by atoms with Gasteiger partial charge < -0.3 is 10.5 Å². The zero-order valence-electron chi connectivity index (χ0n) is 11.5. The number of amides is 1. The second-order valence-corrected chi connectivity index (χ2v) is 5.98. The van der Waals surface area contributed by atoms with Gasteiger partial charge in [0.25, 0.3) is 5.91 Å². The van der Waals surface area contributed by atoms with Crippen molar-refractivity contribution in [3.8, 4) is 22.1 Å². The number of H-pyrrole nitrogens is 1. The second-order valence-electron chi connectivity index (χ2n) is 5.00. The number of carbonyl (C=O) groups is 1. The number of aromatic amines is 1. The van der Waals surface area contributed by atoms with Crippen LogP contribution in [0, 0.1) is 0 Å². The van der Waals surface area contributed by atoms with Gasteiger partial charge in [-0.25, -0.2) is 0 Å². The van der Waals surface area contributed by atoms with Gasteiger partial charge in [-0.2, -0.15) is 5.10 Å². The van der Waals surface area contributed by atoms with Crippen LogP contribution >= 0.6 is 11.3 Å². The lowest BCUT2D eigenvalue weighted by Crippen LogP contribution is -2.13. The van der Waals surface area contributed by atoms with Gasteiger partial charge in [0.2, 0.25) is 0 Å². The highest BCUT2D eigenvalue weighted by Crippen LogP contribution is 2.47. The molecule has 22 heavy (non-hydrogen) atoms. The molecule has 3 heterocycles. The minimum absolute atomic E-state index is 0.426. The summed E-state index contributed by atoms with van der Waals surface area (Å²) < 4.78 is 5.93. The molecule has 3 N–H and O–H groups in total. The summed E-state index contributed by atoms with van der Waals surface area (Å²) in [6, 6.07) is 3.62. The van der Waals surface area contributed by atoms with Crippen molar-refractivity contribution in [3.05, 3.63) is 46.7 Å². The highest BCUT2D eigenvalue weighted by molar-refractivity contribution is 7.16. The van der Waals surface area contributed by atoms with Gasteiger partial charge in [0.05, 0.1) is 28.5 Å². The molecule has 110 valence electrons. The molecule has 0 saturated heterocycles. The normalized spacial score (nSPS) is 12.5. The Kier molecular flexibility index (Phi) is 2.93. The number of fused-ring (bicyclic) bond motifs is 3. The Bertz CT molecular complexity index is 854. The summed E-state index contributed by atoms with van der Waals surface area (Å²) in [6.45, 7) is 0. The fourth-order valence-electron chi connectivity index (χ4n) is 2.70. The maximum Gasteiger partial charge on any atom is 0.259 e. The minimum Gasteiger partial charge on any atom is -0.444 e. The summed E-state index contributed by atoms with van der Waals surface area (Å²) in [7, 11) is 0. The molecule has 0 fully saturated rings. The van der Waals surface area contributed by atoms with Gasteiger partial charge in [0.1, 0.15) is 5.75 Å². The predicted octanol–water partition coefficient (Wildman–Crippen LogP) is 2.52. The number of aryl methyl sites for hydroxylation is 1. The molecule has 0 radical (unpaired) electrons. The van der Waals surface area contributed by atoms with Crippen molar-refractivity contribution >= 4 is 17.2 Å². The number of nitrogens with two attached hydrogens (primary N) is 1. The van der Waals surface area contributed by atoms with Crippen molar-refractivity contribution in [2.45, 2.75) is 12.8 Å². The van der Waals surface area contributed by atoms with Crippen LogP contribution < -0.4 is 10.5 Å². The molecule has 3 aromatic rings. The van der Waals surface area contributed by atoms with Gasteiger partial charge in [-0.3, -0.25) is 14.9 Å². The summed E-state index contributed by atoms with van der Waals surface area (Å²) >= 11 is 1.27. The fraction of sp³-hybridized carbons (Fsp3) is 0.133. The van der Waals surface area contributed by atoms with Crippen molar-refractivity contribution in [3.63, 3.8) is 0 Å². The van der Waals surface area contributed by atoms with Crippen molar-refractivity contribution in [2.75, 3.05) is 0 Å². The Labute approximate surface area is 130 Å². The second kappa shape index (κ2) is 4.96. The zero-order valence-corrected chi connectivity index (χ0v) is 12.3. The van der Waals surface area contributed by atoms with E-state index in [-0.39, 0.29) is 0 Å². The van der Waals surface area contributed by atoms with Crippen LogP contribution in [0.3, 0.4) is 0 Å². The van der Waals surface area contributed by atoms with Gasteiger partial charge in [-0.05, 0) is 36.1 Å². The number of nitrogens with one attached hydrogen (secondary N) is 1. The Hall–Kier alpha value is -2.67. The van der Waals surface area contributed by atoms with E-state index in [1.807, 2.05) is 12.3 Å². The molecule has 0 aromatic carbocycles. The van der Waals surface area contributed by atoms with E-state index in [0.717, 1.165) is 35.2 Å². The van der Waals surface area contributed by atoms with E-state index in [1.165, 1.54) is 11.3 Å². The zero-order chi connectivity index (χ0) is 15.1. The van der Waals surface area contributed by atoms with Crippen LogP contribution in [0.5, 0.6) is 10.8 Å². The average Bonchev–Trinajstić information content (AvgIpc) is 3.12. The quantitative estimate of drug-likeness (QED) is 0.777. The third-order valence-electron chi connectivity index (χ3n) is 3.66. The molecule has 0 aliphatic heterocycles. The molecule has 6 nitrogen and oxygen atoms in total. The SMILES string of the molecule is NC(=O)c1sc(Oc2cccnc2)c2c1CCc1cn[nH]c1-2. The number of primary amides is 1. The molecule has 3 aromatic heterocycles. The Morgan fingerprint density at radius 2 is 2.27 bits per heavy atom. The van der Waals surface area contributed by atoms with Crippen LogP contribution in [-0.2, 0) is 12.8 Å². The largest absolute Gasteiger partial charge is 0.444 e. The van der Waals surface area contributed by atoms with E-state index in [0.29, 0.717) is 15.7 Å². The highest BCUT2D eigenvalue weighted by Gasteiger charge is 2.29. The van der Waals surface area contributed by atoms with Gasteiger partial charge in [0.15, 0.2) is 5.06 Å². The maximum atomic E-state index is 11.7. The monoisotopic (exact) mass is 312 g/mol. The molecule has 1 amide bonds. The smallest absolute Gasteiger partial charge is 0.259 e. The molecule has 0 unspecified atom stereocenters. The maximum absolute atomic E-state index is 11.7. The first kappa shape index (κ1) is 13.0. The molecular formula is C15H12N4O2S. The first-order valence-electron chi connectivity index (χ1n) is 6.80. The van der Waals surface area contributed by atoms with Crippen molar-refractivity contribution < 1.29 is 9.53 Å². The lowest BCUT2D eigenvalue weighted by Gasteiger charge is -2.14. The number of rotatable bonds is 3. The summed E-state index contributed by atoms with van der Waals surface area (Å²) in [5.74, 6) is 0.194. The number of thiophene rings is 1. The van der Waals surface area contributed by atoms with E-state index in [4.69, 9.17) is 10.5 Å². The summed E-state index contributed by atoms with van der Waals surface area (Å²) in [5, 5.41) is 7.74.